The molecule has 1 aliphatic heterocycles. The molecule has 1 aromatic rings. The highest BCUT2D eigenvalue weighted by Gasteiger charge is 2.32. The highest BCUT2D eigenvalue weighted by atomic mass is 32.2. The van der Waals surface area contributed by atoms with E-state index >= 15 is 0 Å². The Bertz CT molecular complexity index is 835. The van der Waals surface area contributed by atoms with Gasteiger partial charge in [-0.15, -0.1) is 0 Å². The van der Waals surface area contributed by atoms with E-state index in [4.69, 9.17) is 16.8 Å². The standard InChI is InChI=1S/C19H26N2O4S3/c1-3-4-5-6-11-20(2)16-9-7-15(8-10-16)14-17-18(22)21(19(26)27-17)12-13-28(23,24)25/h7-10,14H,3-6,11-13H2,1-2H3,(H,23,24,25)/b17-14-. The zero-order chi connectivity index (χ0) is 20.7. The second kappa shape index (κ2) is 10.4. The number of thiocarbonyl (C=S) groups is 1. The molecular weight excluding hydrogens is 416 g/mol. The maximum Gasteiger partial charge on any atom is 0.266 e. The van der Waals surface area contributed by atoms with Crippen LogP contribution in [0.3, 0.4) is 0 Å². The van der Waals surface area contributed by atoms with E-state index in [0.717, 1.165) is 36.0 Å². The van der Waals surface area contributed by atoms with Crippen LogP contribution in [0.2, 0.25) is 0 Å². The van der Waals surface area contributed by atoms with Gasteiger partial charge in [-0.1, -0.05) is 62.3 Å². The Morgan fingerprint density at radius 3 is 2.50 bits per heavy atom. The summed E-state index contributed by atoms with van der Waals surface area (Å²) in [5.74, 6) is -0.873. The van der Waals surface area contributed by atoms with Gasteiger partial charge in [0.2, 0.25) is 0 Å². The third-order valence-corrected chi connectivity index (χ3v) is 6.50. The predicted octanol–water partition coefficient (Wildman–Crippen LogP) is 3.79. The van der Waals surface area contributed by atoms with Crippen LogP contribution in [0.25, 0.3) is 6.08 Å². The molecule has 1 aromatic carbocycles. The van der Waals surface area contributed by atoms with Gasteiger partial charge in [0.1, 0.15) is 4.32 Å². The summed E-state index contributed by atoms with van der Waals surface area (Å²) < 4.78 is 31.0. The monoisotopic (exact) mass is 442 g/mol. The zero-order valence-electron chi connectivity index (χ0n) is 16.1. The molecule has 0 saturated carbocycles. The molecule has 0 radical (unpaired) electrons. The van der Waals surface area contributed by atoms with Crippen molar-refractivity contribution in [1.29, 1.82) is 0 Å². The second-order valence-corrected chi connectivity index (χ2v) is 9.94. The number of benzene rings is 1. The Kier molecular flexibility index (Phi) is 8.48. The molecule has 2 rings (SSSR count). The Labute approximate surface area is 176 Å². The van der Waals surface area contributed by atoms with Crippen molar-refractivity contribution < 1.29 is 17.8 Å². The lowest BCUT2D eigenvalue weighted by Crippen LogP contribution is -2.32. The molecule has 1 heterocycles. The first kappa shape index (κ1) is 22.9. The maximum absolute atomic E-state index is 12.4. The van der Waals surface area contributed by atoms with E-state index in [2.05, 4.69) is 18.9 Å². The van der Waals surface area contributed by atoms with E-state index in [9.17, 15) is 13.2 Å². The van der Waals surface area contributed by atoms with E-state index in [-0.39, 0.29) is 12.5 Å². The Hall–Kier alpha value is -1.42. The number of anilines is 1. The molecule has 0 aliphatic carbocycles. The van der Waals surface area contributed by atoms with Gasteiger partial charge in [0, 0.05) is 25.8 Å². The summed E-state index contributed by atoms with van der Waals surface area (Å²) in [5, 5.41) is 0. The van der Waals surface area contributed by atoms with Crippen molar-refractivity contribution in [2.24, 2.45) is 0 Å². The molecule has 0 spiro atoms. The van der Waals surface area contributed by atoms with Gasteiger partial charge in [0.25, 0.3) is 16.0 Å². The first-order valence-electron chi connectivity index (χ1n) is 9.23. The fraction of sp³-hybridized carbons (Fsp3) is 0.474. The van der Waals surface area contributed by atoms with Gasteiger partial charge in [-0.3, -0.25) is 14.2 Å². The topological polar surface area (TPSA) is 77.9 Å². The molecule has 1 fully saturated rings. The number of carbonyl (C=O) groups excluding carboxylic acids is 1. The third kappa shape index (κ3) is 6.88. The van der Waals surface area contributed by atoms with Crippen LogP contribution in [0.1, 0.15) is 38.2 Å². The van der Waals surface area contributed by atoms with Crippen molar-refractivity contribution in [3.63, 3.8) is 0 Å². The van der Waals surface area contributed by atoms with Crippen LogP contribution in [0.5, 0.6) is 0 Å². The van der Waals surface area contributed by atoms with E-state index < -0.39 is 15.9 Å². The molecule has 6 nitrogen and oxygen atoms in total. The van der Waals surface area contributed by atoms with Crippen LogP contribution in [0, 0.1) is 0 Å². The third-order valence-electron chi connectivity index (χ3n) is 4.43. The van der Waals surface area contributed by atoms with Gasteiger partial charge < -0.3 is 4.90 Å². The van der Waals surface area contributed by atoms with Crippen LogP contribution in [0.15, 0.2) is 29.2 Å². The normalized spacial score (nSPS) is 16.2. The van der Waals surface area contributed by atoms with Crippen LogP contribution < -0.4 is 4.90 Å². The van der Waals surface area contributed by atoms with Crippen LogP contribution in [0.4, 0.5) is 5.69 Å². The van der Waals surface area contributed by atoms with Gasteiger partial charge in [-0.25, -0.2) is 0 Å². The molecule has 0 unspecified atom stereocenters. The molecule has 1 saturated heterocycles. The van der Waals surface area contributed by atoms with E-state index in [1.54, 1.807) is 6.08 Å². The van der Waals surface area contributed by atoms with Crippen molar-refractivity contribution in [3.8, 4) is 0 Å². The first-order valence-corrected chi connectivity index (χ1v) is 12.1. The van der Waals surface area contributed by atoms with E-state index in [1.165, 1.54) is 24.2 Å². The van der Waals surface area contributed by atoms with Crippen molar-refractivity contribution >= 4 is 56.1 Å². The molecule has 0 atom stereocenters. The maximum atomic E-state index is 12.4. The molecular formula is C19H26N2O4S3. The van der Waals surface area contributed by atoms with E-state index in [0.29, 0.717) is 9.23 Å². The number of nitrogens with zero attached hydrogens (tertiary/aromatic N) is 2. The van der Waals surface area contributed by atoms with Gasteiger partial charge in [0.05, 0.1) is 10.7 Å². The average Bonchev–Trinajstić information content (AvgIpc) is 2.90. The SMILES string of the molecule is CCCCCCN(C)c1ccc(/C=C2\SC(=S)N(CCS(=O)(=O)O)C2=O)cc1. The minimum atomic E-state index is -4.14. The number of unbranched alkanes of at least 4 members (excludes halogenated alkanes) is 3. The Morgan fingerprint density at radius 1 is 1.21 bits per heavy atom. The van der Waals surface area contributed by atoms with Crippen molar-refractivity contribution in [2.45, 2.75) is 32.6 Å². The second-order valence-electron chi connectivity index (χ2n) is 6.69. The molecule has 154 valence electrons. The average molecular weight is 443 g/mol. The number of carbonyl (C=O) groups is 1. The van der Waals surface area contributed by atoms with Crippen molar-refractivity contribution in [3.05, 3.63) is 34.7 Å². The lowest BCUT2D eigenvalue weighted by molar-refractivity contribution is -0.121. The first-order chi connectivity index (χ1) is 13.2. The molecule has 1 N–H and O–H groups in total. The Balaban J connectivity index is 1.99. The highest BCUT2D eigenvalue weighted by Crippen LogP contribution is 2.32. The lowest BCUT2D eigenvalue weighted by Gasteiger charge is -2.19. The van der Waals surface area contributed by atoms with Gasteiger partial charge in [-0.05, 0) is 30.2 Å². The molecule has 9 heteroatoms. The summed E-state index contributed by atoms with van der Waals surface area (Å²) in [7, 11) is -2.07. The number of hydrogen-bond donors (Lipinski definition) is 1. The van der Waals surface area contributed by atoms with Gasteiger partial charge in [0.15, 0.2) is 0 Å². The van der Waals surface area contributed by atoms with E-state index in [1.807, 2.05) is 24.3 Å². The molecule has 1 aliphatic rings. The number of hydrogen-bond acceptors (Lipinski definition) is 6. The van der Waals surface area contributed by atoms with Crippen molar-refractivity contribution in [2.75, 3.05) is 30.8 Å². The van der Waals surface area contributed by atoms with Crippen molar-refractivity contribution in [1.82, 2.24) is 4.90 Å². The summed E-state index contributed by atoms with van der Waals surface area (Å²) in [5.41, 5.74) is 1.99. The number of thioether (sulfide) groups is 1. The van der Waals surface area contributed by atoms with Crippen LogP contribution in [-0.2, 0) is 14.9 Å². The summed E-state index contributed by atoms with van der Waals surface area (Å²) in [4.78, 5) is 16.3. The summed E-state index contributed by atoms with van der Waals surface area (Å²) in [6.07, 6.45) is 6.63. The minimum absolute atomic E-state index is 0.150. The minimum Gasteiger partial charge on any atom is -0.375 e. The zero-order valence-corrected chi connectivity index (χ0v) is 18.6. The molecule has 28 heavy (non-hydrogen) atoms. The number of amides is 1. The fourth-order valence-electron chi connectivity index (χ4n) is 2.78. The number of rotatable bonds is 10. The summed E-state index contributed by atoms with van der Waals surface area (Å²) >= 11 is 6.29. The largest absolute Gasteiger partial charge is 0.375 e. The summed E-state index contributed by atoms with van der Waals surface area (Å²) in [6.45, 7) is 3.05. The van der Waals surface area contributed by atoms with Crippen LogP contribution in [-0.4, -0.2) is 54.0 Å². The molecule has 0 aromatic heterocycles. The molecule has 1 amide bonds. The highest BCUT2D eigenvalue weighted by molar-refractivity contribution is 8.26. The molecule has 0 bridgehead atoms. The quantitative estimate of drug-likeness (QED) is 0.256. The van der Waals surface area contributed by atoms with Crippen LogP contribution >= 0.6 is 24.0 Å². The van der Waals surface area contributed by atoms with Gasteiger partial charge in [-0.2, -0.15) is 8.42 Å². The predicted molar refractivity (Wildman–Crippen MR) is 120 cm³/mol. The summed E-state index contributed by atoms with van der Waals surface area (Å²) in [6, 6.07) is 7.93. The fourth-order valence-corrected chi connectivity index (χ4v) is 4.50. The Morgan fingerprint density at radius 2 is 1.89 bits per heavy atom. The van der Waals surface area contributed by atoms with Gasteiger partial charge >= 0.3 is 0 Å². The smallest absolute Gasteiger partial charge is 0.266 e. The lowest BCUT2D eigenvalue weighted by atomic mass is 10.1.